The Balaban J connectivity index is 1.92. The highest BCUT2D eigenvalue weighted by Crippen LogP contribution is 2.44. The van der Waals surface area contributed by atoms with Crippen LogP contribution in [0.25, 0.3) is 0 Å². The molecule has 0 fully saturated rings. The normalized spacial score (nSPS) is 13.5. The molecular formula is C24H16F11NO4. The number of rotatable bonds is 9. The Bertz CT molecular complexity index is 1290. The number of aliphatic hydroxyl groups is 1. The number of benzene rings is 3. The second-order valence-corrected chi connectivity index (χ2v) is 7.93. The van der Waals surface area contributed by atoms with Gasteiger partial charge in [0.2, 0.25) is 0 Å². The number of halogens is 11. The summed E-state index contributed by atoms with van der Waals surface area (Å²) in [6, 6.07) is 11.1. The fourth-order valence-electron chi connectivity index (χ4n) is 3.07. The fourth-order valence-corrected chi connectivity index (χ4v) is 3.07. The van der Waals surface area contributed by atoms with Gasteiger partial charge in [0, 0.05) is 17.7 Å². The summed E-state index contributed by atoms with van der Waals surface area (Å²) in [7, 11) is 0. The van der Waals surface area contributed by atoms with E-state index in [-0.39, 0.29) is 23.3 Å². The molecular weight excluding hydrogens is 575 g/mol. The maximum atomic E-state index is 13.8. The van der Waals surface area contributed by atoms with E-state index in [1.54, 1.807) is 0 Å². The predicted octanol–water partition coefficient (Wildman–Crippen LogP) is 7.76. The molecule has 0 heterocycles. The van der Waals surface area contributed by atoms with Crippen molar-refractivity contribution in [2.45, 2.75) is 30.7 Å². The summed E-state index contributed by atoms with van der Waals surface area (Å²) in [5.41, 5.74) is -1.87. The Labute approximate surface area is 217 Å². The molecule has 3 aromatic rings. The second-order valence-electron chi connectivity index (χ2n) is 7.93. The van der Waals surface area contributed by atoms with E-state index in [0.29, 0.717) is 11.1 Å². The summed E-state index contributed by atoms with van der Waals surface area (Å²) in [6.07, 6.45) is -19.2. The van der Waals surface area contributed by atoms with Crippen molar-refractivity contribution in [1.82, 2.24) is 0 Å². The molecule has 16 heteroatoms. The zero-order chi connectivity index (χ0) is 29.9. The molecule has 3 rings (SSSR count). The van der Waals surface area contributed by atoms with Crippen LogP contribution in [0.1, 0.15) is 5.56 Å². The first-order chi connectivity index (χ1) is 18.3. The van der Waals surface area contributed by atoms with Crippen LogP contribution in [0.3, 0.4) is 0 Å². The van der Waals surface area contributed by atoms with Crippen LogP contribution in [0.4, 0.5) is 54.0 Å². The van der Waals surface area contributed by atoms with Crippen LogP contribution >= 0.6 is 0 Å². The molecule has 0 aliphatic carbocycles. The molecule has 0 aliphatic rings. The average molecular weight is 591 g/mol. The predicted molar refractivity (Wildman–Crippen MR) is 116 cm³/mol. The highest BCUT2D eigenvalue weighted by molar-refractivity contribution is 5.51. The van der Waals surface area contributed by atoms with E-state index in [4.69, 9.17) is 9.57 Å². The van der Waals surface area contributed by atoms with E-state index in [0.717, 1.165) is 42.5 Å². The average Bonchev–Trinajstić information content (AvgIpc) is 2.82. The first kappa shape index (κ1) is 30.6. The molecule has 0 bridgehead atoms. The second kappa shape index (κ2) is 11.3. The zero-order valence-electron chi connectivity index (χ0n) is 19.5. The van der Waals surface area contributed by atoms with Crippen molar-refractivity contribution in [2.75, 3.05) is 11.6 Å². The first-order valence-electron chi connectivity index (χ1n) is 10.7. The first-order valence-corrected chi connectivity index (χ1v) is 10.7. The minimum absolute atomic E-state index is 0.172. The molecule has 1 N–H and O–H groups in total. The highest BCUT2D eigenvalue weighted by atomic mass is 19.4. The molecule has 1 atom stereocenters. The third kappa shape index (κ3) is 8.03. The van der Waals surface area contributed by atoms with Crippen molar-refractivity contribution in [3.63, 3.8) is 0 Å². The van der Waals surface area contributed by atoms with Crippen LogP contribution in [0, 0.1) is 0 Å². The molecule has 0 aliphatic heterocycles. The van der Waals surface area contributed by atoms with Gasteiger partial charge in [-0.2, -0.15) is 35.1 Å². The molecule has 0 saturated heterocycles. The van der Waals surface area contributed by atoms with Crippen molar-refractivity contribution >= 4 is 5.69 Å². The lowest BCUT2D eigenvalue weighted by Crippen LogP contribution is -2.42. The molecule has 218 valence electrons. The summed E-state index contributed by atoms with van der Waals surface area (Å²) >= 11 is 0. The van der Waals surface area contributed by atoms with Crippen molar-refractivity contribution in [3.8, 4) is 23.0 Å². The van der Waals surface area contributed by atoms with E-state index in [2.05, 4.69) is 4.74 Å². The van der Waals surface area contributed by atoms with Gasteiger partial charge in [0.25, 0.3) is 0 Å². The number of hydroxylamine groups is 1. The van der Waals surface area contributed by atoms with E-state index in [1.165, 1.54) is 18.2 Å². The summed E-state index contributed by atoms with van der Waals surface area (Å²) in [5, 5.41) is 9.92. The number of hydrogen-bond acceptors (Lipinski definition) is 5. The maximum Gasteiger partial charge on any atom is 0.573 e. The van der Waals surface area contributed by atoms with Gasteiger partial charge in [-0.1, -0.05) is 24.3 Å². The molecule has 40 heavy (non-hydrogen) atoms. The van der Waals surface area contributed by atoms with Crippen LogP contribution in [0.5, 0.6) is 23.0 Å². The topological polar surface area (TPSA) is 51.2 Å². The number of nitrogens with zero attached hydrogens (tertiary/aromatic N) is 1. The lowest BCUT2D eigenvalue weighted by Gasteiger charge is -2.28. The number of ether oxygens (including phenoxy) is 2. The highest BCUT2D eigenvalue weighted by Gasteiger charge is 2.58. The summed E-state index contributed by atoms with van der Waals surface area (Å²) in [4.78, 5) is 5.17. The smallest absolute Gasteiger partial charge is 0.457 e. The van der Waals surface area contributed by atoms with Gasteiger partial charge in [-0.3, -0.25) is 0 Å². The molecule has 3 aromatic carbocycles. The van der Waals surface area contributed by atoms with Crippen LogP contribution in [-0.4, -0.2) is 36.5 Å². The van der Waals surface area contributed by atoms with Gasteiger partial charge in [-0.15, -0.1) is 13.2 Å². The van der Waals surface area contributed by atoms with Gasteiger partial charge in [0.05, 0.1) is 12.2 Å². The van der Waals surface area contributed by atoms with Gasteiger partial charge in [0.15, 0.2) is 11.9 Å². The van der Waals surface area contributed by atoms with Gasteiger partial charge in [0.1, 0.15) is 17.2 Å². The molecule has 0 amide bonds. The molecule has 0 saturated carbocycles. The van der Waals surface area contributed by atoms with E-state index >= 15 is 0 Å². The summed E-state index contributed by atoms with van der Waals surface area (Å²) < 4.78 is 152. The maximum absolute atomic E-state index is 13.8. The van der Waals surface area contributed by atoms with Gasteiger partial charge in [-0.05, 0) is 36.4 Å². The minimum atomic E-state index is -5.98. The summed E-state index contributed by atoms with van der Waals surface area (Å²) in [6.45, 7) is -1.37. The SMILES string of the molecule is O[C@@H](CN(Oc1cccc(C(F)(F)C(F)(F)F)c1)c1cccc(Oc2cccc(OC(F)(F)F)c2)c1)C(F)(F)F. The Hall–Kier alpha value is -3.95. The fraction of sp³-hybridized carbons (Fsp3) is 0.250. The number of alkyl halides is 11. The lowest BCUT2D eigenvalue weighted by atomic mass is 10.1. The van der Waals surface area contributed by atoms with E-state index in [9.17, 15) is 53.4 Å². The Morgan fingerprint density at radius 2 is 1.23 bits per heavy atom. The lowest BCUT2D eigenvalue weighted by molar-refractivity contribution is -0.289. The summed E-state index contributed by atoms with van der Waals surface area (Å²) in [5.74, 6) is -7.06. The standard InChI is InChI=1S/C24H16F11NO4/c25-21(26,23(30,31)32)14-4-1-9-19(10-14)40-36(13-20(37)22(27,28)29)15-5-2-6-16(11-15)38-17-7-3-8-18(12-17)39-24(33,34)35/h1-12,20,37H,13H2/t20-/m0/s1. The van der Waals surface area contributed by atoms with Crippen molar-refractivity contribution in [1.29, 1.82) is 0 Å². The number of anilines is 1. The third-order valence-corrected chi connectivity index (χ3v) is 4.87. The van der Waals surface area contributed by atoms with Crippen LogP contribution in [0.2, 0.25) is 0 Å². The Kier molecular flexibility index (Phi) is 8.62. The number of aliphatic hydroxyl groups excluding tert-OH is 1. The molecule has 0 spiro atoms. The van der Waals surface area contributed by atoms with E-state index < -0.39 is 54.3 Å². The van der Waals surface area contributed by atoms with Gasteiger partial charge >= 0.3 is 24.6 Å². The molecule has 0 unspecified atom stereocenters. The van der Waals surface area contributed by atoms with E-state index in [1.807, 2.05) is 0 Å². The molecule has 5 nitrogen and oxygen atoms in total. The third-order valence-electron chi connectivity index (χ3n) is 4.87. The van der Waals surface area contributed by atoms with Crippen LogP contribution in [-0.2, 0) is 5.92 Å². The van der Waals surface area contributed by atoms with Gasteiger partial charge < -0.3 is 19.4 Å². The van der Waals surface area contributed by atoms with Crippen LogP contribution < -0.4 is 19.4 Å². The number of hydrogen-bond donors (Lipinski definition) is 1. The minimum Gasteiger partial charge on any atom is -0.457 e. The quantitative estimate of drug-likeness (QED) is 0.204. The molecule has 0 radical (unpaired) electrons. The van der Waals surface area contributed by atoms with Gasteiger partial charge in [-0.25, -0.2) is 5.06 Å². The van der Waals surface area contributed by atoms with Crippen molar-refractivity contribution in [2.24, 2.45) is 0 Å². The van der Waals surface area contributed by atoms with Crippen molar-refractivity contribution in [3.05, 3.63) is 78.4 Å². The Morgan fingerprint density at radius 3 is 1.82 bits per heavy atom. The molecule has 0 aromatic heterocycles. The largest absolute Gasteiger partial charge is 0.573 e. The monoisotopic (exact) mass is 591 g/mol. The van der Waals surface area contributed by atoms with Crippen molar-refractivity contribution < 1.29 is 67.7 Å². The Morgan fingerprint density at radius 1 is 0.675 bits per heavy atom. The van der Waals surface area contributed by atoms with Crippen LogP contribution in [0.15, 0.2) is 72.8 Å². The zero-order valence-corrected chi connectivity index (χ0v) is 19.5.